The second-order valence-corrected chi connectivity index (χ2v) is 3.69. The van der Waals surface area contributed by atoms with Crippen molar-refractivity contribution in [2.24, 2.45) is 0 Å². The van der Waals surface area contributed by atoms with Crippen LogP contribution in [0.4, 0.5) is 0 Å². The number of halogens is 1. The number of carbonyl (C=O) groups excluding carboxylic acids is 1. The molecule has 13 heavy (non-hydrogen) atoms. The minimum absolute atomic E-state index is 0.0495. The summed E-state index contributed by atoms with van der Waals surface area (Å²) in [5, 5.41) is 10.7. The molecule has 0 heterocycles. The smallest absolute Gasteiger partial charge is 0.173 e. The summed E-state index contributed by atoms with van der Waals surface area (Å²) in [5.74, 6) is 0.0495. The van der Waals surface area contributed by atoms with Crippen LogP contribution in [0.3, 0.4) is 0 Å². The van der Waals surface area contributed by atoms with Gasteiger partial charge < -0.3 is 0 Å². The van der Waals surface area contributed by atoms with E-state index in [-0.39, 0.29) is 5.78 Å². The lowest BCUT2D eigenvalue weighted by atomic mass is 10.2. The molecule has 0 bridgehead atoms. The van der Waals surface area contributed by atoms with E-state index in [2.05, 4.69) is 15.9 Å². The van der Waals surface area contributed by atoms with Crippen LogP contribution in [0.2, 0.25) is 0 Å². The Balaban J connectivity index is 2.82. The Hall–Kier alpha value is -0.790. The molecule has 0 saturated heterocycles. The highest BCUT2D eigenvalue weighted by Crippen LogP contribution is 2.17. The molecule has 0 radical (unpaired) electrons. The molecule has 4 heteroatoms. The van der Waals surface area contributed by atoms with Gasteiger partial charge in [0, 0.05) is 10.5 Å². The van der Waals surface area contributed by atoms with Gasteiger partial charge >= 0.3 is 0 Å². The van der Waals surface area contributed by atoms with Gasteiger partial charge in [0.05, 0.1) is 5.33 Å². The van der Waals surface area contributed by atoms with Gasteiger partial charge in [-0.3, -0.25) is 4.79 Å². The molecular weight excluding hydrogens is 250 g/mol. The van der Waals surface area contributed by atoms with E-state index in [0.29, 0.717) is 10.9 Å². The predicted molar refractivity (Wildman–Crippen MR) is 56.0 cm³/mol. The van der Waals surface area contributed by atoms with Gasteiger partial charge in [-0.05, 0) is 23.9 Å². The Morgan fingerprint density at radius 1 is 1.46 bits per heavy atom. The summed E-state index contributed by atoms with van der Waals surface area (Å²) in [7, 11) is 0. The fourth-order valence-electron chi connectivity index (χ4n) is 0.839. The Morgan fingerprint density at radius 3 is 2.54 bits per heavy atom. The number of hydrogen-bond acceptors (Lipinski definition) is 3. The van der Waals surface area contributed by atoms with E-state index < -0.39 is 0 Å². The molecule has 1 aromatic carbocycles. The monoisotopic (exact) mass is 255 g/mol. The van der Waals surface area contributed by atoms with E-state index in [1.54, 1.807) is 24.3 Å². The van der Waals surface area contributed by atoms with E-state index in [1.165, 1.54) is 0 Å². The number of alkyl halides is 1. The van der Waals surface area contributed by atoms with Crippen molar-refractivity contribution in [1.82, 2.24) is 0 Å². The third-order valence-electron chi connectivity index (χ3n) is 1.46. The number of thiocyanates is 1. The quantitative estimate of drug-likeness (QED) is 0.361. The molecule has 0 N–H and O–H groups in total. The molecule has 1 aromatic rings. The van der Waals surface area contributed by atoms with E-state index >= 15 is 0 Å². The van der Waals surface area contributed by atoms with Gasteiger partial charge in [0.15, 0.2) is 5.78 Å². The minimum Gasteiger partial charge on any atom is -0.293 e. The number of carbonyl (C=O) groups is 1. The molecule has 0 aliphatic heterocycles. The maximum Gasteiger partial charge on any atom is 0.173 e. The molecule has 1 rings (SSSR count). The highest BCUT2D eigenvalue weighted by Gasteiger charge is 2.02. The fourth-order valence-corrected chi connectivity index (χ4v) is 1.54. The zero-order valence-electron chi connectivity index (χ0n) is 6.66. The predicted octanol–water partition coefficient (Wildman–Crippen LogP) is 2.84. The van der Waals surface area contributed by atoms with Crippen LogP contribution in [0, 0.1) is 10.7 Å². The normalized spacial score (nSPS) is 9.23. The van der Waals surface area contributed by atoms with Crippen molar-refractivity contribution >= 4 is 33.5 Å². The average Bonchev–Trinajstić information content (AvgIpc) is 2.18. The third-order valence-corrected chi connectivity index (χ3v) is 2.57. The van der Waals surface area contributed by atoms with Gasteiger partial charge in [0.25, 0.3) is 0 Å². The standard InChI is InChI=1S/C9H6BrNOS/c10-5-9(12)7-1-3-8(4-2-7)13-6-11/h1-4H,5H2. The van der Waals surface area contributed by atoms with Crippen molar-refractivity contribution in [2.45, 2.75) is 4.90 Å². The SMILES string of the molecule is N#CSc1ccc(C(=O)CBr)cc1. The maximum atomic E-state index is 11.2. The lowest BCUT2D eigenvalue weighted by Gasteiger charge is -1.97. The van der Waals surface area contributed by atoms with Gasteiger partial charge in [-0.15, -0.1) is 0 Å². The number of thioether (sulfide) groups is 1. The molecule has 0 fully saturated rings. The van der Waals surface area contributed by atoms with Crippen LogP contribution in [-0.2, 0) is 0 Å². The molecule has 0 aromatic heterocycles. The summed E-state index contributed by atoms with van der Waals surface area (Å²) in [5.41, 5.74) is 0.666. The van der Waals surface area contributed by atoms with Gasteiger partial charge in [0.2, 0.25) is 0 Å². The van der Waals surface area contributed by atoms with E-state index in [9.17, 15) is 4.79 Å². The molecule has 0 atom stereocenters. The molecule has 2 nitrogen and oxygen atoms in total. The number of nitrogens with zero attached hydrogens (tertiary/aromatic N) is 1. The second-order valence-electron chi connectivity index (χ2n) is 2.27. The van der Waals surface area contributed by atoms with Crippen LogP contribution in [0.25, 0.3) is 0 Å². The van der Waals surface area contributed by atoms with Crippen molar-refractivity contribution in [3.05, 3.63) is 29.8 Å². The summed E-state index contributed by atoms with van der Waals surface area (Å²) in [6.45, 7) is 0. The zero-order chi connectivity index (χ0) is 9.68. The molecular formula is C9H6BrNOS. The molecule has 0 spiro atoms. The second kappa shape index (κ2) is 5.05. The van der Waals surface area contributed by atoms with Crippen molar-refractivity contribution in [1.29, 1.82) is 5.26 Å². The topological polar surface area (TPSA) is 40.9 Å². The maximum absolute atomic E-state index is 11.2. The first kappa shape index (κ1) is 10.3. The Labute approximate surface area is 89.1 Å². The van der Waals surface area contributed by atoms with Gasteiger partial charge in [-0.2, -0.15) is 5.26 Å². The summed E-state index contributed by atoms with van der Waals surface area (Å²) >= 11 is 4.18. The Bertz CT molecular complexity index is 342. The number of Topliss-reactive ketones (excluding diaryl/α,β-unsaturated/α-hetero) is 1. The van der Waals surface area contributed by atoms with Crippen molar-refractivity contribution in [2.75, 3.05) is 5.33 Å². The largest absolute Gasteiger partial charge is 0.293 e. The van der Waals surface area contributed by atoms with Crippen molar-refractivity contribution in [3.8, 4) is 5.40 Å². The first-order valence-corrected chi connectivity index (χ1v) is 5.47. The highest BCUT2D eigenvalue weighted by atomic mass is 79.9. The van der Waals surface area contributed by atoms with Crippen LogP contribution >= 0.6 is 27.7 Å². The summed E-state index contributed by atoms with van der Waals surface area (Å²) in [6.07, 6.45) is 0. The third kappa shape index (κ3) is 2.87. The fraction of sp³-hybridized carbons (Fsp3) is 0.111. The van der Waals surface area contributed by atoms with Crippen molar-refractivity contribution < 1.29 is 4.79 Å². The molecule has 0 aliphatic carbocycles. The number of ketones is 1. The number of nitriles is 1. The lowest BCUT2D eigenvalue weighted by Crippen LogP contribution is -1.98. The Kier molecular flexibility index (Phi) is 4.00. The number of rotatable bonds is 3. The van der Waals surface area contributed by atoms with Crippen LogP contribution < -0.4 is 0 Å². The summed E-state index contributed by atoms with van der Waals surface area (Å²) in [4.78, 5) is 12.0. The van der Waals surface area contributed by atoms with Gasteiger partial charge in [-0.1, -0.05) is 28.1 Å². The first-order chi connectivity index (χ1) is 6.27. The van der Waals surface area contributed by atoms with Crippen LogP contribution in [-0.4, -0.2) is 11.1 Å². The number of benzene rings is 1. The van der Waals surface area contributed by atoms with E-state index in [0.717, 1.165) is 16.7 Å². The Morgan fingerprint density at radius 2 is 2.08 bits per heavy atom. The van der Waals surface area contributed by atoms with E-state index in [1.807, 2.05) is 5.40 Å². The van der Waals surface area contributed by atoms with Gasteiger partial charge in [0.1, 0.15) is 5.40 Å². The molecule has 0 unspecified atom stereocenters. The lowest BCUT2D eigenvalue weighted by molar-refractivity contribution is 0.102. The zero-order valence-corrected chi connectivity index (χ0v) is 9.06. The molecule has 0 amide bonds. The average molecular weight is 256 g/mol. The van der Waals surface area contributed by atoms with Gasteiger partial charge in [-0.25, -0.2) is 0 Å². The van der Waals surface area contributed by atoms with Crippen LogP contribution in [0.5, 0.6) is 0 Å². The van der Waals surface area contributed by atoms with Crippen molar-refractivity contribution in [3.63, 3.8) is 0 Å². The summed E-state index contributed by atoms with van der Waals surface area (Å²) < 4.78 is 0. The van der Waals surface area contributed by atoms with Crippen LogP contribution in [0.15, 0.2) is 29.2 Å². The van der Waals surface area contributed by atoms with Crippen LogP contribution in [0.1, 0.15) is 10.4 Å². The van der Waals surface area contributed by atoms with E-state index in [4.69, 9.17) is 5.26 Å². The highest BCUT2D eigenvalue weighted by molar-refractivity contribution is 9.09. The molecule has 0 saturated carbocycles. The number of hydrogen-bond donors (Lipinski definition) is 0. The first-order valence-electron chi connectivity index (χ1n) is 3.53. The molecule has 0 aliphatic rings. The molecule has 66 valence electrons. The summed E-state index contributed by atoms with van der Waals surface area (Å²) in [6, 6.07) is 6.99. The minimum atomic E-state index is 0.0495.